The fourth-order valence-electron chi connectivity index (χ4n) is 3.24. The summed E-state index contributed by atoms with van der Waals surface area (Å²) in [6.45, 7) is 0. The lowest BCUT2D eigenvalue weighted by Gasteiger charge is -2.22. The molecule has 0 saturated heterocycles. The number of benzene rings is 1. The molecule has 5 heteroatoms. The van der Waals surface area contributed by atoms with Gasteiger partial charge in [0.15, 0.2) is 0 Å². The number of para-hydroxylation sites is 1. The molecule has 1 aromatic heterocycles. The second kappa shape index (κ2) is 5.92. The van der Waals surface area contributed by atoms with Crippen LogP contribution in [0, 0.1) is 0 Å². The Kier molecular flexibility index (Phi) is 4.20. The number of imidazole rings is 1. The monoisotopic (exact) mass is 312 g/mol. The quantitative estimate of drug-likeness (QED) is 0.791. The highest BCUT2D eigenvalue weighted by atomic mass is 35.5. The molecule has 0 bridgehead atoms. The van der Waals surface area contributed by atoms with E-state index in [-0.39, 0.29) is 6.10 Å². The Morgan fingerprint density at radius 1 is 1.40 bits per heavy atom. The first kappa shape index (κ1) is 14.2. The van der Waals surface area contributed by atoms with Gasteiger partial charge in [-0.05, 0) is 31.4 Å². The average Bonchev–Trinajstić information content (AvgIpc) is 3.03. The van der Waals surface area contributed by atoms with Crippen LogP contribution >= 0.6 is 23.2 Å². The fourth-order valence-corrected chi connectivity index (χ4v) is 3.62. The molecule has 1 aliphatic carbocycles. The zero-order valence-corrected chi connectivity index (χ0v) is 13.0. The van der Waals surface area contributed by atoms with Gasteiger partial charge in [0.1, 0.15) is 11.3 Å². The normalized spacial score (nSPS) is 22.8. The molecule has 3 nitrogen and oxygen atoms in total. The van der Waals surface area contributed by atoms with Gasteiger partial charge >= 0.3 is 0 Å². The lowest BCUT2D eigenvalue weighted by molar-refractivity contribution is 0.0753. The summed E-state index contributed by atoms with van der Waals surface area (Å²) in [5, 5.41) is 0.698. The van der Waals surface area contributed by atoms with Crippen molar-refractivity contribution in [2.75, 3.05) is 13.0 Å². The summed E-state index contributed by atoms with van der Waals surface area (Å²) in [5.41, 5.74) is 1.96. The van der Waals surface area contributed by atoms with Crippen LogP contribution in [0.3, 0.4) is 0 Å². The minimum Gasteiger partial charge on any atom is -0.379 e. The van der Waals surface area contributed by atoms with E-state index in [9.17, 15) is 0 Å². The van der Waals surface area contributed by atoms with Crippen LogP contribution in [0.5, 0.6) is 0 Å². The minimum atomic E-state index is 0.250. The summed E-state index contributed by atoms with van der Waals surface area (Å²) in [4.78, 5) is 4.71. The van der Waals surface area contributed by atoms with Crippen molar-refractivity contribution in [2.24, 2.45) is 0 Å². The van der Waals surface area contributed by atoms with Crippen LogP contribution in [0.2, 0.25) is 5.02 Å². The van der Waals surface area contributed by atoms with E-state index in [2.05, 4.69) is 10.6 Å². The van der Waals surface area contributed by atoms with E-state index in [1.165, 1.54) is 6.42 Å². The molecular formula is C15H18Cl2N2O. The first-order valence-corrected chi connectivity index (χ1v) is 7.91. The number of aromatic nitrogens is 2. The third-order valence-corrected chi connectivity index (χ3v) is 4.61. The standard InChI is InChI=1S/C15H18Cl2N2O/c1-20-13-7-3-5-11(13)19-12-6-2-4-10(17)15(12)18-14(19)8-9-16/h2,4,6,11,13H,3,5,7-9H2,1H3. The molecule has 1 heterocycles. The van der Waals surface area contributed by atoms with Gasteiger partial charge in [-0.1, -0.05) is 17.7 Å². The highest BCUT2D eigenvalue weighted by molar-refractivity contribution is 6.34. The summed E-state index contributed by atoms with van der Waals surface area (Å²) in [7, 11) is 1.79. The molecule has 1 aromatic carbocycles. The Morgan fingerprint density at radius 2 is 2.25 bits per heavy atom. The van der Waals surface area contributed by atoms with Crippen molar-refractivity contribution in [3.63, 3.8) is 0 Å². The SMILES string of the molecule is COC1CCCC1n1c(CCCl)nc2c(Cl)cccc21. The molecule has 0 aliphatic heterocycles. The zero-order valence-electron chi connectivity index (χ0n) is 11.5. The number of halogens is 2. The summed E-state index contributed by atoms with van der Waals surface area (Å²) in [6, 6.07) is 6.27. The van der Waals surface area contributed by atoms with E-state index in [1.807, 2.05) is 12.1 Å². The van der Waals surface area contributed by atoms with Crippen LogP contribution < -0.4 is 0 Å². The molecule has 2 unspecified atom stereocenters. The largest absolute Gasteiger partial charge is 0.379 e. The molecule has 2 aromatic rings. The number of hydrogen-bond donors (Lipinski definition) is 0. The van der Waals surface area contributed by atoms with E-state index in [4.69, 9.17) is 32.9 Å². The van der Waals surface area contributed by atoms with Crippen LogP contribution in [-0.4, -0.2) is 28.6 Å². The summed E-state index contributed by atoms with van der Waals surface area (Å²) < 4.78 is 7.94. The van der Waals surface area contributed by atoms with Crippen molar-refractivity contribution in [3.8, 4) is 0 Å². The Hall–Kier alpha value is -0.770. The van der Waals surface area contributed by atoms with Crippen molar-refractivity contribution in [1.29, 1.82) is 0 Å². The highest BCUT2D eigenvalue weighted by Crippen LogP contribution is 2.37. The lowest BCUT2D eigenvalue weighted by Crippen LogP contribution is -2.22. The van der Waals surface area contributed by atoms with Crippen molar-refractivity contribution in [3.05, 3.63) is 29.0 Å². The minimum absolute atomic E-state index is 0.250. The molecule has 2 atom stereocenters. The smallest absolute Gasteiger partial charge is 0.111 e. The number of aryl methyl sites for hydroxylation is 1. The van der Waals surface area contributed by atoms with Gasteiger partial charge in [-0.25, -0.2) is 4.98 Å². The Balaban J connectivity index is 2.16. The lowest BCUT2D eigenvalue weighted by atomic mass is 10.2. The molecule has 1 saturated carbocycles. The molecule has 108 valence electrons. The first-order chi connectivity index (χ1) is 9.76. The maximum Gasteiger partial charge on any atom is 0.111 e. The van der Waals surface area contributed by atoms with Crippen molar-refractivity contribution < 1.29 is 4.74 Å². The Labute approximate surface area is 128 Å². The third-order valence-electron chi connectivity index (χ3n) is 4.11. The second-order valence-corrected chi connectivity index (χ2v) is 6.00. The van der Waals surface area contributed by atoms with E-state index < -0.39 is 0 Å². The van der Waals surface area contributed by atoms with E-state index in [0.717, 1.165) is 36.1 Å². The number of ether oxygens (including phenoxy) is 1. The summed E-state index contributed by atoms with van der Waals surface area (Å²) >= 11 is 12.2. The molecule has 3 rings (SSSR count). The number of hydrogen-bond acceptors (Lipinski definition) is 2. The van der Waals surface area contributed by atoms with Crippen LogP contribution in [0.15, 0.2) is 18.2 Å². The molecule has 0 spiro atoms. The van der Waals surface area contributed by atoms with Crippen LogP contribution in [-0.2, 0) is 11.2 Å². The predicted molar refractivity (Wildman–Crippen MR) is 82.9 cm³/mol. The van der Waals surface area contributed by atoms with Crippen LogP contribution in [0.25, 0.3) is 11.0 Å². The first-order valence-electron chi connectivity index (χ1n) is 7.00. The van der Waals surface area contributed by atoms with Gasteiger partial charge in [-0.3, -0.25) is 0 Å². The molecule has 20 heavy (non-hydrogen) atoms. The van der Waals surface area contributed by atoms with E-state index >= 15 is 0 Å². The van der Waals surface area contributed by atoms with Gasteiger partial charge < -0.3 is 9.30 Å². The number of fused-ring (bicyclic) bond motifs is 1. The van der Waals surface area contributed by atoms with Crippen molar-refractivity contribution in [2.45, 2.75) is 37.8 Å². The average molecular weight is 313 g/mol. The Bertz CT molecular complexity index is 611. The molecule has 1 aliphatic rings. The molecule has 1 fully saturated rings. The van der Waals surface area contributed by atoms with Gasteiger partial charge in [-0.2, -0.15) is 0 Å². The summed E-state index contributed by atoms with van der Waals surface area (Å²) in [5.74, 6) is 1.57. The van der Waals surface area contributed by atoms with Crippen LogP contribution in [0.4, 0.5) is 0 Å². The topological polar surface area (TPSA) is 27.1 Å². The zero-order chi connectivity index (χ0) is 14.1. The third kappa shape index (κ3) is 2.32. The molecule has 0 N–H and O–H groups in total. The molecule has 0 amide bonds. The van der Waals surface area contributed by atoms with Gasteiger partial charge in [-0.15, -0.1) is 11.6 Å². The van der Waals surface area contributed by atoms with E-state index in [1.54, 1.807) is 7.11 Å². The fraction of sp³-hybridized carbons (Fsp3) is 0.533. The highest BCUT2D eigenvalue weighted by Gasteiger charge is 2.31. The van der Waals surface area contributed by atoms with Crippen LogP contribution in [0.1, 0.15) is 31.1 Å². The van der Waals surface area contributed by atoms with Crippen molar-refractivity contribution >= 4 is 34.2 Å². The molecule has 0 radical (unpaired) electrons. The number of rotatable bonds is 4. The van der Waals surface area contributed by atoms with Gasteiger partial charge in [0.25, 0.3) is 0 Å². The summed E-state index contributed by atoms with van der Waals surface area (Å²) in [6.07, 6.45) is 4.40. The van der Waals surface area contributed by atoms with Crippen molar-refractivity contribution in [1.82, 2.24) is 9.55 Å². The number of nitrogens with zero attached hydrogens (tertiary/aromatic N) is 2. The van der Waals surface area contributed by atoms with Gasteiger partial charge in [0.2, 0.25) is 0 Å². The number of methoxy groups -OCH3 is 1. The van der Waals surface area contributed by atoms with Gasteiger partial charge in [0, 0.05) is 19.4 Å². The number of alkyl halides is 1. The maximum absolute atomic E-state index is 6.28. The predicted octanol–water partition coefficient (Wildman–Crippen LogP) is 4.21. The van der Waals surface area contributed by atoms with Gasteiger partial charge in [0.05, 0.1) is 22.7 Å². The Morgan fingerprint density at radius 3 is 3.00 bits per heavy atom. The maximum atomic E-state index is 6.28. The molecular weight excluding hydrogens is 295 g/mol. The van der Waals surface area contributed by atoms with E-state index in [0.29, 0.717) is 16.9 Å². The second-order valence-electron chi connectivity index (χ2n) is 5.22.